The summed E-state index contributed by atoms with van der Waals surface area (Å²) in [6, 6.07) is 7.04. The molecular weight excluding hydrogens is 242 g/mol. The number of hydrogen-bond donors (Lipinski definition) is 3. The highest BCUT2D eigenvalue weighted by Crippen LogP contribution is 2.28. The van der Waals surface area contributed by atoms with Crippen LogP contribution in [0.1, 0.15) is 32.6 Å². The van der Waals surface area contributed by atoms with E-state index in [0.717, 1.165) is 25.7 Å². The lowest BCUT2D eigenvalue weighted by molar-refractivity contribution is -0.121. The number of amides is 2. The minimum atomic E-state index is -0.746. The zero-order valence-corrected chi connectivity index (χ0v) is 11.0. The molecule has 102 valence electrons. The molecule has 1 aliphatic carbocycles. The molecule has 19 heavy (non-hydrogen) atoms. The molecule has 5 heteroatoms. The van der Waals surface area contributed by atoms with Gasteiger partial charge in [-0.25, -0.2) is 0 Å². The Balaban J connectivity index is 2.06. The fraction of sp³-hybridized carbons (Fsp3) is 0.429. The van der Waals surface area contributed by atoms with Gasteiger partial charge in [0.2, 0.25) is 11.8 Å². The quantitative estimate of drug-likeness (QED) is 0.776. The second kappa shape index (κ2) is 5.40. The van der Waals surface area contributed by atoms with Crippen molar-refractivity contribution >= 4 is 23.2 Å². The molecule has 0 radical (unpaired) electrons. The average molecular weight is 261 g/mol. The fourth-order valence-electron chi connectivity index (χ4n) is 2.37. The van der Waals surface area contributed by atoms with Crippen molar-refractivity contribution in [1.29, 1.82) is 0 Å². The van der Waals surface area contributed by atoms with Crippen molar-refractivity contribution < 1.29 is 9.59 Å². The topological polar surface area (TPSA) is 84.2 Å². The summed E-state index contributed by atoms with van der Waals surface area (Å²) < 4.78 is 0. The van der Waals surface area contributed by atoms with Crippen molar-refractivity contribution in [2.75, 3.05) is 10.6 Å². The van der Waals surface area contributed by atoms with Crippen molar-refractivity contribution in [2.24, 2.45) is 5.73 Å². The van der Waals surface area contributed by atoms with Gasteiger partial charge in [-0.05, 0) is 31.0 Å². The second-order valence-electron chi connectivity index (χ2n) is 5.08. The number of nitrogens with one attached hydrogen (secondary N) is 2. The van der Waals surface area contributed by atoms with Gasteiger partial charge in [-0.3, -0.25) is 9.59 Å². The van der Waals surface area contributed by atoms with Crippen LogP contribution in [-0.4, -0.2) is 17.4 Å². The predicted octanol–water partition coefficient (Wildman–Crippen LogP) is 1.85. The Hall–Kier alpha value is -1.88. The lowest BCUT2D eigenvalue weighted by atomic mass is 9.98. The minimum Gasteiger partial charge on any atom is -0.326 e. The molecule has 4 N–H and O–H groups in total. The molecule has 1 aromatic carbocycles. The molecule has 1 aromatic rings. The van der Waals surface area contributed by atoms with E-state index >= 15 is 0 Å². The van der Waals surface area contributed by atoms with Crippen LogP contribution >= 0.6 is 0 Å². The van der Waals surface area contributed by atoms with Crippen LogP contribution in [-0.2, 0) is 9.59 Å². The summed E-state index contributed by atoms with van der Waals surface area (Å²) in [7, 11) is 0. The normalized spacial score (nSPS) is 16.9. The van der Waals surface area contributed by atoms with E-state index in [0.29, 0.717) is 11.4 Å². The van der Waals surface area contributed by atoms with E-state index in [1.165, 1.54) is 6.92 Å². The summed E-state index contributed by atoms with van der Waals surface area (Å²) in [5, 5.41) is 5.50. The monoisotopic (exact) mass is 261 g/mol. The van der Waals surface area contributed by atoms with Gasteiger partial charge in [0, 0.05) is 18.3 Å². The lowest BCUT2D eigenvalue weighted by Gasteiger charge is -2.22. The third-order valence-corrected chi connectivity index (χ3v) is 3.39. The highest BCUT2D eigenvalue weighted by atomic mass is 16.2. The molecule has 0 bridgehead atoms. The van der Waals surface area contributed by atoms with E-state index in [1.807, 2.05) is 0 Å². The first-order chi connectivity index (χ1) is 8.99. The molecule has 0 aromatic heterocycles. The van der Waals surface area contributed by atoms with Crippen LogP contribution in [0.15, 0.2) is 24.3 Å². The fourth-order valence-corrected chi connectivity index (χ4v) is 2.37. The first-order valence-corrected chi connectivity index (χ1v) is 6.48. The molecule has 0 heterocycles. The molecule has 0 unspecified atom stereocenters. The Morgan fingerprint density at radius 1 is 1.16 bits per heavy atom. The molecule has 2 rings (SSSR count). The zero-order valence-electron chi connectivity index (χ0n) is 11.0. The second-order valence-corrected chi connectivity index (χ2v) is 5.08. The van der Waals surface area contributed by atoms with Gasteiger partial charge in [-0.2, -0.15) is 0 Å². The zero-order chi connectivity index (χ0) is 13.9. The molecule has 1 fully saturated rings. The summed E-state index contributed by atoms with van der Waals surface area (Å²) >= 11 is 0. The Kier molecular flexibility index (Phi) is 3.85. The first-order valence-electron chi connectivity index (χ1n) is 6.48. The summed E-state index contributed by atoms with van der Waals surface area (Å²) in [6.07, 6.45) is 3.44. The van der Waals surface area contributed by atoms with Gasteiger partial charge in [0.25, 0.3) is 0 Å². The molecule has 0 atom stereocenters. The standard InChI is InChI=1S/C14H19N3O2/c1-10(18)16-11-5-4-6-12(9-11)17-13(19)14(15)7-2-3-8-14/h4-6,9H,2-3,7-8,15H2,1H3,(H,16,18)(H,17,19). The average Bonchev–Trinajstić information content (AvgIpc) is 2.77. The summed E-state index contributed by atoms with van der Waals surface area (Å²) in [4.78, 5) is 23.1. The van der Waals surface area contributed by atoms with Crippen LogP contribution in [0.4, 0.5) is 11.4 Å². The summed E-state index contributed by atoms with van der Waals surface area (Å²) in [5.74, 6) is -0.292. The number of rotatable bonds is 3. The van der Waals surface area contributed by atoms with E-state index < -0.39 is 5.54 Å². The van der Waals surface area contributed by atoms with E-state index in [-0.39, 0.29) is 11.8 Å². The van der Waals surface area contributed by atoms with Gasteiger partial charge < -0.3 is 16.4 Å². The number of benzene rings is 1. The molecule has 0 spiro atoms. The Morgan fingerprint density at radius 2 is 1.74 bits per heavy atom. The van der Waals surface area contributed by atoms with Gasteiger partial charge in [-0.1, -0.05) is 18.9 Å². The summed E-state index contributed by atoms with van der Waals surface area (Å²) in [6.45, 7) is 1.44. The van der Waals surface area contributed by atoms with Gasteiger partial charge in [0.05, 0.1) is 5.54 Å². The van der Waals surface area contributed by atoms with Crippen LogP contribution in [0.2, 0.25) is 0 Å². The van der Waals surface area contributed by atoms with Gasteiger partial charge >= 0.3 is 0 Å². The van der Waals surface area contributed by atoms with Crippen molar-refractivity contribution in [3.05, 3.63) is 24.3 Å². The van der Waals surface area contributed by atoms with E-state index in [1.54, 1.807) is 24.3 Å². The SMILES string of the molecule is CC(=O)Nc1cccc(NC(=O)C2(N)CCCC2)c1. The molecule has 0 saturated heterocycles. The predicted molar refractivity (Wildman–Crippen MR) is 74.8 cm³/mol. The molecule has 5 nitrogen and oxygen atoms in total. The molecular formula is C14H19N3O2. The Morgan fingerprint density at radius 3 is 2.32 bits per heavy atom. The highest BCUT2D eigenvalue weighted by Gasteiger charge is 2.36. The number of hydrogen-bond acceptors (Lipinski definition) is 3. The van der Waals surface area contributed by atoms with Gasteiger partial charge in [0.15, 0.2) is 0 Å². The summed E-state index contributed by atoms with van der Waals surface area (Å²) in [5.41, 5.74) is 6.64. The smallest absolute Gasteiger partial charge is 0.244 e. The van der Waals surface area contributed by atoms with E-state index in [4.69, 9.17) is 5.73 Å². The van der Waals surface area contributed by atoms with E-state index in [2.05, 4.69) is 10.6 Å². The van der Waals surface area contributed by atoms with Crippen molar-refractivity contribution in [3.63, 3.8) is 0 Å². The van der Waals surface area contributed by atoms with Crippen LogP contribution in [0, 0.1) is 0 Å². The molecule has 1 aliphatic rings. The van der Waals surface area contributed by atoms with Crippen LogP contribution in [0.25, 0.3) is 0 Å². The molecule has 2 amide bonds. The maximum Gasteiger partial charge on any atom is 0.244 e. The number of carbonyl (C=O) groups excluding carboxylic acids is 2. The van der Waals surface area contributed by atoms with Gasteiger partial charge in [0.1, 0.15) is 0 Å². The van der Waals surface area contributed by atoms with E-state index in [9.17, 15) is 9.59 Å². The minimum absolute atomic E-state index is 0.144. The van der Waals surface area contributed by atoms with Crippen LogP contribution in [0.3, 0.4) is 0 Å². The maximum atomic E-state index is 12.1. The van der Waals surface area contributed by atoms with Crippen LogP contribution in [0.5, 0.6) is 0 Å². The van der Waals surface area contributed by atoms with Crippen LogP contribution < -0.4 is 16.4 Å². The number of anilines is 2. The number of carbonyl (C=O) groups is 2. The highest BCUT2D eigenvalue weighted by molar-refractivity contribution is 5.99. The van der Waals surface area contributed by atoms with Crippen molar-refractivity contribution in [1.82, 2.24) is 0 Å². The molecule has 1 saturated carbocycles. The third kappa shape index (κ3) is 3.32. The number of nitrogens with two attached hydrogens (primary N) is 1. The van der Waals surface area contributed by atoms with Crippen molar-refractivity contribution in [3.8, 4) is 0 Å². The van der Waals surface area contributed by atoms with Gasteiger partial charge in [-0.15, -0.1) is 0 Å². The Bertz CT molecular complexity index is 493. The Labute approximate surface area is 112 Å². The third-order valence-electron chi connectivity index (χ3n) is 3.39. The lowest BCUT2D eigenvalue weighted by Crippen LogP contribution is -2.48. The largest absolute Gasteiger partial charge is 0.326 e. The molecule has 0 aliphatic heterocycles. The first kappa shape index (κ1) is 13.5. The maximum absolute atomic E-state index is 12.1. The van der Waals surface area contributed by atoms with Crippen molar-refractivity contribution in [2.45, 2.75) is 38.1 Å².